The van der Waals surface area contributed by atoms with Gasteiger partial charge in [-0.15, -0.1) is 0 Å². The van der Waals surface area contributed by atoms with Gasteiger partial charge in [0.1, 0.15) is 12.4 Å². The van der Waals surface area contributed by atoms with Crippen molar-refractivity contribution >= 4 is 6.09 Å². The second kappa shape index (κ2) is 8.77. The molecule has 1 aliphatic heterocycles. The molecule has 1 saturated heterocycles. The van der Waals surface area contributed by atoms with Crippen molar-refractivity contribution in [2.75, 3.05) is 45.9 Å². The Kier molecular flexibility index (Phi) is 6.70. The molecule has 0 radical (unpaired) electrons. The first-order chi connectivity index (χ1) is 10.7. The molecule has 7 nitrogen and oxygen atoms in total. The van der Waals surface area contributed by atoms with Gasteiger partial charge in [0.15, 0.2) is 0 Å². The summed E-state index contributed by atoms with van der Waals surface area (Å²) >= 11 is 0. The van der Waals surface area contributed by atoms with Gasteiger partial charge in [0, 0.05) is 32.7 Å². The van der Waals surface area contributed by atoms with Crippen LogP contribution < -0.4 is 0 Å². The number of rotatable bonds is 7. The monoisotopic (exact) mass is 312 g/mol. The molecular weight excluding hydrogens is 288 g/mol. The molecule has 1 unspecified atom stereocenters. The van der Waals surface area contributed by atoms with Gasteiger partial charge in [-0.1, -0.05) is 0 Å². The lowest BCUT2D eigenvalue weighted by molar-refractivity contribution is -0.00267. The first-order valence-corrected chi connectivity index (χ1v) is 7.61. The Labute approximate surface area is 130 Å². The molecule has 22 heavy (non-hydrogen) atoms. The van der Waals surface area contributed by atoms with E-state index >= 15 is 0 Å². The summed E-state index contributed by atoms with van der Waals surface area (Å²) < 4.78 is 15.5. The van der Waals surface area contributed by atoms with Crippen LogP contribution in [0.25, 0.3) is 0 Å². The second-order valence-electron chi connectivity index (χ2n) is 5.23. The third-order valence-corrected chi connectivity index (χ3v) is 3.50. The molecule has 1 amide bonds. The normalized spacial score (nSPS) is 17.5. The van der Waals surface area contributed by atoms with Gasteiger partial charge < -0.3 is 23.9 Å². The van der Waals surface area contributed by atoms with E-state index in [0.29, 0.717) is 32.8 Å². The van der Waals surface area contributed by atoms with Gasteiger partial charge in [0.05, 0.1) is 25.6 Å². The Balaban J connectivity index is 1.60. The molecule has 0 bridgehead atoms. The van der Waals surface area contributed by atoms with E-state index in [1.807, 2.05) is 6.07 Å². The van der Waals surface area contributed by atoms with Crippen LogP contribution in [0.15, 0.2) is 22.8 Å². The van der Waals surface area contributed by atoms with E-state index in [1.165, 1.54) is 0 Å². The molecule has 1 aliphatic rings. The van der Waals surface area contributed by atoms with E-state index in [1.54, 1.807) is 24.2 Å². The zero-order chi connectivity index (χ0) is 15.8. The van der Waals surface area contributed by atoms with Crippen LogP contribution in [0.5, 0.6) is 0 Å². The predicted octanol–water partition coefficient (Wildman–Crippen LogP) is 0.931. The number of nitrogens with zero attached hydrogens (tertiary/aromatic N) is 2. The van der Waals surface area contributed by atoms with Crippen molar-refractivity contribution in [2.24, 2.45) is 0 Å². The van der Waals surface area contributed by atoms with Crippen LogP contribution >= 0.6 is 0 Å². The van der Waals surface area contributed by atoms with E-state index < -0.39 is 6.10 Å². The minimum atomic E-state index is -0.552. The van der Waals surface area contributed by atoms with Crippen molar-refractivity contribution in [3.8, 4) is 0 Å². The number of ether oxygens (including phenoxy) is 2. The lowest BCUT2D eigenvalue weighted by Gasteiger charge is -2.34. The van der Waals surface area contributed by atoms with E-state index in [0.717, 1.165) is 18.8 Å². The van der Waals surface area contributed by atoms with E-state index in [-0.39, 0.29) is 12.7 Å². The Hall–Kier alpha value is -1.57. The van der Waals surface area contributed by atoms with Gasteiger partial charge in [-0.2, -0.15) is 0 Å². The summed E-state index contributed by atoms with van der Waals surface area (Å²) in [6, 6.07) is 3.64. The lowest BCUT2D eigenvalue weighted by Crippen LogP contribution is -2.50. The quantitative estimate of drug-likeness (QED) is 0.807. The summed E-state index contributed by atoms with van der Waals surface area (Å²) in [5.74, 6) is 0.746. The molecule has 124 valence electrons. The average molecular weight is 312 g/mol. The highest BCUT2D eigenvalue weighted by Crippen LogP contribution is 2.06. The van der Waals surface area contributed by atoms with Crippen LogP contribution in [-0.4, -0.2) is 73.0 Å². The Morgan fingerprint density at radius 1 is 1.41 bits per heavy atom. The number of hydrogen-bond acceptors (Lipinski definition) is 6. The highest BCUT2D eigenvalue weighted by atomic mass is 16.6. The molecule has 0 spiro atoms. The molecule has 0 aromatic carbocycles. The molecular formula is C15H24N2O5. The maximum Gasteiger partial charge on any atom is 0.409 e. The highest BCUT2D eigenvalue weighted by molar-refractivity contribution is 5.67. The van der Waals surface area contributed by atoms with Crippen molar-refractivity contribution in [2.45, 2.75) is 19.6 Å². The number of carbonyl (C=O) groups is 1. The molecule has 2 rings (SSSR count). The lowest BCUT2D eigenvalue weighted by atomic mass is 10.3. The van der Waals surface area contributed by atoms with Gasteiger partial charge in [0.2, 0.25) is 0 Å². The fraction of sp³-hybridized carbons (Fsp3) is 0.667. The zero-order valence-corrected chi connectivity index (χ0v) is 12.9. The largest absolute Gasteiger partial charge is 0.467 e. The summed E-state index contributed by atoms with van der Waals surface area (Å²) in [5, 5.41) is 9.99. The minimum Gasteiger partial charge on any atom is -0.467 e. The highest BCUT2D eigenvalue weighted by Gasteiger charge is 2.23. The van der Waals surface area contributed by atoms with Crippen LogP contribution in [0.4, 0.5) is 4.79 Å². The Morgan fingerprint density at radius 3 is 2.82 bits per heavy atom. The number of β-amino-alcohol motifs (C(OH)–C–C–N with tert-alkyl or cyclic N) is 1. The number of aliphatic hydroxyl groups excluding tert-OH is 1. The first-order valence-electron chi connectivity index (χ1n) is 7.61. The molecule has 1 N–H and O–H groups in total. The molecule has 0 aliphatic carbocycles. The van der Waals surface area contributed by atoms with E-state index in [9.17, 15) is 9.90 Å². The number of amides is 1. The van der Waals surface area contributed by atoms with Crippen LogP contribution in [0.3, 0.4) is 0 Å². The van der Waals surface area contributed by atoms with Crippen molar-refractivity contribution in [1.29, 1.82) is 0 Å². The number of carbonyl (C=O) groups excluding carboxylic acids is 1. The van der Waals surface area contributed by atoms with Crippen LogP contribution in [0.1, 0.15) is 12.7 Å². The van der Waals surface area contributed by atoms with Crippen molar-refractivity contribution in [1.82, 2.24) is 9.80 Å². The zero-order valence-electron chi connectivity index (χ0n) is 12.9. The third kappa shape index (κ3) is 5.32. The van der Waals surface area contributed by atoms with Gasteiger partial charge >= 0.3 is 6.09 Å². The van der Waals surface area contributed by atoms with Gasteiger partial charge in [-0.05, 0) is 19.1 Å². The number of piperazine rings is 1. The maximum atomic E-state index is 11.6. The van der Waals surface area contributed by atoms with Gasteiger partial charge in [0.25, 0.3) is 0 Å². The van der Waals surface area contributed by atoms with Crippen LogP contribution in [-0.2, 0) is 16.1 Å². The summed E-state index contributed by atoms with van der Waals surface area (Å²) in [6.07, 6.45) is 0.784. The summed E-state index contributed by atoms with van der Waals surface area (Å²) in [5.41, 5.74) is 0. The minimum absolute atomic E-state index is 0.260. The summed E-state index contributed by atoms with van der Waals surface area (Å²) in [6.45, 7) is 6.06. The summed E-state index contributed by atoms with van der Waals surface area (Å²) in [7, 11) is 0. The van der Waals surface area contributed by atoms with Gasteiger partial charge in [-0.3, -0.25) is 4.90 Å². The van der Waals surface area contributed by atoms with Crippen molar-refractivity contribution in [3.63, 3.8) is 0 Å². The SMILES string of the molecule is CCOC(=O)N1CCN(CC(O)COCc2ccco2)CC1. The first kappa shape index (κ1) is 16.8. The fourth-order valence-electron chi connectivity index (χ4n) is 2.37. The molecule has 0 saturated carbocycles. The molecule has 7 heteroatoms. The molecule has 1 aromatic heterocycles. The molecule has 1 aromatic rings. The maximum absolute atomic E-state index is 11.6. The standard InChI is InChI=1S/C15H24N2O5/c1-2-21-15(19)17-7-5-16(6-8-17)10-13(18)11-20-12-14-4-3-9-22-14/h3-4,9,13,18H,2,5-8,10-12H2,1H3. The Bertz CT molecular complexity index is 429. The topological polar surface area (TPSA) is 75.4 Å². The van der Waals surface area contributed by atoms with Gasteiger partial charge in [-0.25, -0.2) is 4.79 Å². The predicted molar refractivity (Wildman–Crippen MR) is 79.4 cm³/mol. The average Bonchev–Trinajstić information content (AvgIpc) is 3.01. The Morgan fingerprint density at radius 2 is 2.18 bits per heavy atom. The van der Waals surface area contributed by atoms with Crippen LogP contribution in [0, 0.1) is 0 Å². The summed E-state index contributed by atoms with van der Waals surface area (Å²) in [4.78, 5) is 15.4. The third-order valence-electron chi connectivity index (χ3n) is 3.50. The molecule has 1 atom stereocenters. The number of furan rings is 1. The molecule has 2 heterocycles. The second-order valence-corrected chi connectivity index (χ2v) is 5.23. The van der Waals surface area contributed by atoms with E-state index in [4.69, 9.17) is 13.9 Å². The number of hydrogen-bond donors (Lipinski definition) is 1. The van der Waals surface area contributed by atoms with E-state index in [2.05, 4.69) is 4.90 Å². The van der Waals surface area contributed by atoms with Crippen molar-refractivity contribution < 1.29 is 23.8 Å². The van der Waals surface area contributed by atoms with Crippen molar-refractivity contribution in [3.05, 3.63) is 24.2 Å². The smallest absolute Gasteiger partial charge is 0.409 e. The van der Waals surface area contributed by atoms with Crippen LogP contribution in [0.2, 0.25) is 0 Å². The fourth-order valence-corrected chi connectivity index (χ4v) is 2.37. The number of aliphatic hydroxyl groups is 1. The molecule has 1 fully saturated rings.